The number of hydrogen-bond donors (Lipinski definition) is 4. The van der Waals surface area contributed by atoms with E-state index < -0.39 is 11.2 Å². The first kappa shape index (κ1) is 21.4. The second-order valence-corrected chi connectivity index (χ2v) is 8.95. The predicted octanol–water partition coefficient (Wildman–Crippen LogP) is 4.69. The lowest BCUT2D eigenvalue weighted by molar-refractivity contribution is 0.0938. The Morgan fingerprint density at radius 1 is 1.03 bits per heavy atom. The van der Waals surface area contributed by atoms with Crippen molar-refractivity contribution in [1.29, 1.82) is 0 Å². The van der Waals surface area contributed by atoms with E-state index in [1.54, 1.807) is 12.1 Å². The topological polar surface area (TPSA) is 108 Å². The fraction of sp³-hybridized carbons (Fsp3) is 0.120. The van der Waals surface area contributed by atoms with Gasteiger partial charge in [-0.25, -0.2) is 0 Å². The van der Waals surface area contributed by atoms with E-state index in [9.17, 15) is 14.7 Å². The van der Waals surface area contributed by atoms with Crippen LogP contribution < -0.4 is 16.5 Å². The molecule has 0 fully saturated rings. The maximum absolute atomic E-state index is 12.9. The Bertz CT molecular complexity index is 1450. The average molecular weight is 480 g/mol. The Morgan fingerprint density at radius 3 is 2.30 bits per heavy atom. The molecule has 0 radical (unpaired) electrons. The van der Waals surface area contributed by atoms with Gasteiger partial charge in [-0.3, -0.25) is 9.59 Å². The van der Waals surface area contributed by atoms with Gasteiger partial charge < -0.3 is 21.1 Å². The summed E-state index contributed by atoms with van der Waals surface area (Å²) >= 11 is 12.2. The molecule has 1 aliphatic carbocycles. The van der Waals surface area contributed by atoms with Crippen LogP contribution in [0.15, 0.2) is 59.4 Å². The molecular formula is C25H19Cl2N3O3. The van der Waals surface area contributed by atoms with E-state index >= 15 is 0 Å². The van der Waals surface area contributed by atoms with Gasteiger partial charge in [0.05, 0.1) is 26.9 Å². The Kier molecular flexibility index (Phi) is 5.27. The Hall–Kier alpha value is -3.48. The summed E-state index contributed by atoms with van der Waals surface area (Å²) in [5.41, 5.74) is 9.26. The van der Waals surface area contributed by atoms with Crippen LogP contribution in [0.5, 0.6) is 5.75 Å². The molecule has 0 saturated heterocycles. The first-order valence-corrected chi connectivity index (χ1v) is 11.1. The number of nitrogens with two attached hydrogens (primary N) is 1. The number of halogens is 2. The number of hydrogen-bond acceptors (Lipinski definition) is 4. The number of pyridine rings is 1. The Labute approximate surface area is 199 Å². The highest BCUT2D eigenvalue weighted by Gasteiger charge is 2.23. The van der Waals surface area contributed by atoms with Crippen molar-refractivity contribution in [3.05, 3.63) is 91.6 Å². The lowest BCUT2D eigenvalue weighted by Gasteiger charge is -2.13. The number of rotatable bonds is 3. The number of carbonyl (C=O) groups excluding carboxylic acids is 1. The highest BCUT2D eigenvalue weighted by atomic mass is 35.5. The summed E-state index contributed by atoms with van der Waals surface area (Å²) in [6.07, 6.45) is 1.56. The van der Waals surface area contributed by atoms with E-state index in [0.29, 0.717) is 16.6 Å². The summed E-state index contributed by atoms with van der Waals surface area (Å²) in [5.74, 6) is -0.705. The molecule has 4 aromatic rings. The molecule has 0 unspecified atom stereocenters. The van der Waals surface area contributed by atoms with Gasteiger partial charge in [-0.15, -0.1) is 0 Å². The number of H-pyrrole nitrogens is 1. The largest absolute Gasteiger partial charge is 0.503 e. The summed E-state index contributed by atoms with van der Waals surface area (Å²) in [7, 11) is 0. The zero-order valence-electron chi connectivity index (χ0n) is 17.3. The summed E-state index contributed by atoms with van der Waals surface area (Å²) in [6.45, 7) is 0. The summed E-state index contributed by atoms with van der Waals surface area (Å²) in [4.78, 5) is 28.8. The van der Waals surface area contributed by atoms with Gasteiger partial charge in [-0.1, -0.05) is 47.5 Å². The molecule has 5 N–H and O–H groups in total. The van der Waals surface area contributed by atoms with Crippen LogP contribution in [0.4, 0.5) is 5.69 Å². The van der Waals surface area contributed by atoms with E-state index in [-0.39, 0.29) is 38.8 Å². The number of amides is 1. The number of nitrogen functional groups attached to an aromatic ring is 1. The van der Waals surface area contributed by atoms with Crippen molar-refractivity contribution in [2.24, 2.45) is 0 Å². The van der Waals surface area contributed by atoms with Crippen LogP contribution in [-0.4, -0.2) is 22.0 Å². The van der Waals surface area contributed by atoms with Crippen LogP contribution in [-0.2, 0) is 12.8 Å². The molecular weight excluding hydrogens is 461 g/mol. The van der Waals surface area contributed by atoms with Crippen molar-refractivity contribution < 1.29 is 9.90 Å². The minimum Gasteiger partial charge on any atom is -0.503 e. The van der Waals surface area contributed by atoms with Crippen LogP contribution >= 0.6 is 23.2 Å². The molecule has 1 amide bonds. The summed E-state index contributed by atoms with van der Waals surface area (Å²) in [6, 6.07) is 15.9. The lowest BCUT2D eigenvalue weighted by Crippen LogP contribution is -2.35. The van der Waals surface area contributed by atoms with Crippen molar-refractivity contribution in [3.63, 3.8) is 0 Å². The van der Waals surface area contributed by atoms with Gasteiger partial charge >= 0.3 is 0 Å². The molecule has 6 nitrogen and oxygen atoms in total. The van der Waals surface area contributed by atoms with Crippen molar-refractivity contribution in [2.75, 3.05) is 5.73 Å². The quantitative estimate of drug-likeness (QED) is 0.319. The number of anilines is 1. The molecule has 0 atom stereocenters. The Balaban J connectivity index is 1.49. The third kappa shape index (κ3) is 3.81. The number of aromatic amines is 1. The van der Waals surface area contributed by atoms with Crippen LogP contribution in [0.25, 0.3) is 22.2 Å². The molecule has 33 heavy (non-hydrogen) atoms. The van der Waals surface area contributed by atoms with Gasteiger partial charge in [0.2, 0.25) is 5.43 Å². The van der Waals surface area contributed by atoms with Gasteiger partial charge in [0.1, 0.15) is 0 Å². The standard InChI is InChI=1S/C25H19Cl2N3O3/c26-18-9-15(10-19(27)21(18)28)22-24(32)23(31)17-6-5-14(11-20(17)30-22)25(33)29-16-7-12-3-1-2-4-13(12)8-16/h1-6,9-11,16,32H,7-8,28H2,(H,29,33)(H,30,31). The number of aromatic hydroxyl groups is 1. The fourth-order valence-electron chi connectivity index (χ4n) is 4.29. The monoisotopic (exact) mass is 479 g/mol. The molecule has 3 aromatic carbocycles. The molecule has 1 aromatic heterocycles. The van der Waals surface area contributed by atoms with Gasteiger partial charge in [0.25, 0.3) is 5.91 Å². The highest BCUT2D eigenvalue weighted by molar-refractivity contribution is 6.39. The maximum atomic E-state index is 12.9. The smallest absolute Gasteiger partial charge is 0.251 e. The van der Waals surface area contributed by atoms with Gasteiger partial charge in [-0.05, 0) is 54.3 Å². The van der Waals surface area contributed by atoms with Crippen LogP contribution in [0.3, 0.4) is 0 Å². The lowest BCUT2D eigenvalue weighted by atomic mass is 10.1. The van der Waals surface area contributed by atoms with E-state index in [0.717, 1.165) is 12.8 Å². The molecule has 0 bridgehead atoms. The number of aromatic nitrogens is 1. The highest BCUT2D eigenvalue weighted by Crippen LogP contribution is 2.35. The first-order chi connectivity index (χ1) is 15.8. The third-order valence-electron chi connectivity index (χ3n) is 5.99. The second kappa shape index (κ2) is 8.14. The minimum atomic E-state index is -0.568. The molecule has 5 rings (SSSR count). The van der Waals surface area contributed by atoms with Crippen molar-refractivity contribution in [3.8, 4) is 17.0 Å². The van der Waals surface area contributed by atoms with Gasteiger partial charge in [0, 0.05) is 22.6 Å². The predicted molar refractivity (Wildman–Crippen MR) is 131 cm³/mol. The van der Waals surface area contributed by atoms with E-state index in [2.05, 4.69) is 22.4 Å². The molecule has 1 heterocycles. The number of carbonyl (C=O) groups is 1. The molecule has 0 aliphatic heterocycles. The Morgan fingerprint density at radius 2 is 1.67 bits per heavy atom. The van der Waals surface area contributed by atoms with E-state index in [1.165, 1.54) is 29.3 Å². The fourth-order valence-corrected chi connectivity index (χ4v) is 4.78. The summed E-state index contributed by atoms with van der Waals surface area (Å²) in [5, 5.41) is 14.2. The summed E-state index contributed by atoms with van der Waals surface area (Å²) < 4.78 is 0. The van der Waals surface area contributed by atoms with Crippen LogP contribution in [0, 0.1) is 0 Å². The third-order valence-corrected chi connectivity index (χ3v) is 6.62. The number of fused-ring (bicyclic) bond motifs is 2. The van der Waals surface area contributed by atoms with Crippen LogP contribution in [0.1, 0.15) is 21.5 Å². The molecule has 0 saturated carbocycles. The first-order valence-electron chi connectivity index (χ1n) is 10.3. The van der Waals surface area contributed by atoms with Crippen molar-refractivity contribution in [1.82, 2.24) is 10.3 Å². The minimum absolute atomic E-state index is 0.0130. The molecule has 0 spiro atoms. The second-order valence-electron chi connectivity index (χ2n) is 8.14. The van der Waals surface area contributed by atoms with Crippen molar-refractivity contribution >= 4 is 45.7 Å². The van der Waals surface area contributed by atoms with E-state index in [4.69, 9.17) is 28.9 Å². The maximum Gasteiger partial charge on any atom is 0.251 e. The van der Waals surface area contributed by atoms with Gasteiger partial charge in [0.15, 0.2) is 5.75 Å². The number of benzene rings is 3. The van der Waals surface area contributed by atoms with E-state index in [1.807, 2.05) is 12.1 Å². The van der Waals surface area contributed by atoms with Gasteiger partial charge in [-0.2, -0.15) is 0 Å². The van der Waals surface area contributed by atoms with Crippen molar-refractivity contribution in [2.45, 2.75) is 18.9 Å². The molecule has 8 heteroatoms. The number of nitrogens with one attached hydrogen (secondary N) is 2. The zero-order chi connectivity index (χ0) is 23.3. The molecule has 166 valence electrons. The molecule has 1 aliphatic rings. The SMILES string of the molecule is Nc1c(Cl)cc(-c2[nH]c3cc(C(=O)NC4Cc5ccccc5C4)ccc3c(=O)c2O)cc1Cl. The average Bonchev–Trinajstić information content (AvgIpc) is 3.21. The zero-order valence-corrected chi connectivity index (χ0v) is 18.8. The normalized spacial score (nSPS) is 13.3. The van der Waals surface area contributed by atoms with Crippen LogP contribution in [0.2, 0.25) is 10.0 Å².